The fourth-order valence-electron chi connectivity index (χ4n) is 2.01. The second kappa shape index (κ2) is 6.60. The molecule has 0 aliphatic rings. The Hall–Kier alpha value is -2.05. The number of hydrogen-bond acceptors (Lipinski definition) is 4. The standard InChI is InChI=1S/C14H16F3N3O/c1-10(4-3-7-14(15,16)17)19-12-6-2-5-11(8-12)13-20-18-9-21-13/h2,5-6,8-10,19H,3-4,7H2,1H3. The molecule has 0 aliphatic carbocycles. The van der Waals surface area contributed by atoms with Crippen molar-refractivity contribution in [2.24, 2.45) is 0 Å². The minimum absolute atomic E-state index is 0.0507. The van der Waals surface area contributed by atoms with E-state index < -0.39 is 12.6 Å². The molecule has 2 rings (SSSR count). The van der Waals surface area contributed by atoms with Crippen LogP contribution < -0.4 is 5.32 Å². The Morgan fingerprint density at radius 3 is 2.81 bits per heavy atom. The summed E-state index contributed by atoms with van der Waals surface area (Å²) in [5, 5.41) is 10.6. The first-order valence-corrected chi connectivity index (χ1v) is 6.64. The predicted octanol–water partition coefficient (Wildman–Crippen LogP) is 4.27. The van der Waals surface area contributed by atoms with E-state index in [9.17, 15) is 13.2 Å². The summed E-state index contributed by atoms with van der Waals surface area (Å²) in [4.78, 5) is 0. The number of benzene rings is 1. The molecule has 0 fully saturated rings. The fraction of sp³-hybridized carbons (Fsp3) is 0.429. The zero-order chi connectivity index (χ0) is 15.3. The molecule has 1 aromatic heterocycles. The molecule has 0 saturated carbocycles. The Labute approximate surface area is 120 Å². The van der Waals surface area contributed by atoms with Crippen molar-refractivity contribution in [3.8, 4) is 11.5 Å². The van der Waals surface area contributed by atoms with Gasteiger partial charge in [-0.25, -0.2) is 0 Å². The van der Waals surface area contributed by atoms with Crippen molar-refractivity contribution in [2.75, 3.05) is 5.32 Å². The quantitative estimate of drug-likeness (QED) is 0.865. The molecular formula is C14H16F3N3O. The third kappa shape index (κ3) is 5.09. The van der Waals surface area contributed by atoms with Crippen molar-refractivity contribution in [1.82, 2.24) is 10.2 Å². The van der Waals surface area contributed by atoms with Crippen molar-refractivity contribution < 1.29 is 17.6 Å². The van der Waals surface area contributed by atoms with E-state index in [2.05, 4.69) is 15.5 Å². The first kappa shape index (κ1) is 15.3. The minimum atomic E-state index is -4.09. The molecule has 0 aliphatic heterocycles. The lowest BCUT2D eigenvalue weighted by Crippen LogP contribution is -2.16. The van der Waals surface area contributed by atoms with E-state index in [1.165, 1.54) is 6.39 Å². The van der Waals surface area contributed by atoms with E-state index in [4.69, 9.17) is 4.42 Å². The topological polar surface area (TPSA) is 51.0 Å². The van der Waals surface area contributed by atoms with E-state index in [0.717, 1.165) is 11.3 Å². The fourth-order valence-corrected chi connectivity index (χ4v) is 2.01. The number of hydrogen-bond donors (Lipinski definition) is 1. The number of nitrogens with zero attached hydrogens (tertiary/aromatic N) is 2. The third-order valence-electron chi connectivity index (χ3n) is 2.98. The van der Waals surface area contributed by atoms with Crippen molar-refractivity contribution in [3.05, 3.63) is 30.7 Å². The first-order valence-electron chi connectivity index (χ1n) is 6.64. The summed E-state index contributed by atoms with van der Waals surface area (Å²) in [6.45, 7) is 1.86. The second-order valence-electron chi connectivity index (χ2n) is 4.88. The van der Waals surface area contributed by atoms with Crippen molar-refractivity contribution in [1.29, 1.82) is 0 Å². The van der Waals surface area contributed by atoms with Gasteiger partial charge in [0.25, 0.3) is 0 Å². The van der Waals surface area contributed by atoms with Crippen molar-refractivity contribution in [3.63, 3.8) is 0 Å². The van der Waals surface area contributed by atoms with Crippen LogP contribution in [-0.4, -0.2) is 22.4 Å². The van der Waals surface area contributed by atoms with Gasteiger partial charge in [-0.3, -0.25) is 0 Å². The summed E-state index contributed by atoms with van der Waals surface area (Å²) in [5.74, 6) is 0.406. The molecule has 7 heteroatoms. The summed E-state index contributed by atoms with van der Waals surface area (Å²) < 4.78 is 41.4. The maximum absolute atomic E-state index is 12.1. The maximum atomic E-state index is 12.1. The molecule has 0 saturated heterocycles. The van der Waals surface area contributed by atoms with Gasteiger partial charge >= 0.3 is 6.18 Å². The number of halogens is 3. The lowest BCUT2D eigenvalue weighted by atomic mass is 10.1. The molecule has 1 aromatic carbocycles. The number of anilines is 1. The van der Waals surface area contributed by atoms with Crippen LogP contribution in [0.2, 0.25) is 0 Å². The summed E-state index contributed by atoms with van der Waals surface area (Å²) in [7, 11) is 0. The average Bonchev–Trinajstić information content (AvgIpc) is 2.91. The second-order valence-corrected chi connectivity index (χ2v) is 4.88. The Kier molecular flexibility index (Phi) is 4.82. The highest BCUT2D eigenvalue weighted by molar-refractivity contribution is 5.61. The Balaban J connectivity index is 1.89. The zero-order valence-electron chi connectivity index (χ0n) is 11.5. The van der Waals surface area contributed by atoms with Crippen molar-refractivity contribution in [2.45, 2.75) is 38.4 Å². The molecule has 0 bridgehead atoms. The zero-order valence-corrected chi connectivity index (χ0v) is 11.5. The average molecular weight is 299 g/mol. The largest absolute Gasteiger partial charge is 0.423 e. The number of alkyl halides is 3. The van der Waals surface area contributed by atoms with Gasteiger partial charge in [0.2, 0.25) is 12.3 Å². The molecule has 0 amide bonds. The van der Waals surface area contributed by atoms with Gasteiger partial charge in [-0.2, -0.15) is 13.2 Å². The predicted molar refractivity (Wildman–Crippen MR) is 72.7 cm³/mol. The molecular weight excluding hydrogens is 283 g/mol. The van der Waals surface area contributed by atoms with Gasteiger partial charge in [-0.15, -0.1) is 10.2 Å². The third-order valence-corrected chi connectivity index (χ3v) is 2.98. The molecule has 0 spiro atoms. The van der Waals surface area contributed by atoms with Crippen LogP contribution in [0.15, 0.2) is 35.1 Å². The van der Waals surface area contributed by atoms with Gasteiger partial charge in [0.05, 0.1) is 0 Å². The van der Waals surface area contributed by atoms with Crippen LogP contribution in [-0.2, 0) is 0 Å². The van der Waals surface area contributed by atoms with Gasteiger partial charge in [0.1, 0.15) is 0 Å². The van der Waals surface area contributed by atoms with Crippen molar-refractivity contribution >= 4 is 5.69 Å². The van der Waals surface area contributed by atoms with Crippen LogP contribution in [0.1, 0.15) is 26.2 Å². The molecule has 2 aromatic rings. The van der Waals surface area contributed by atoms with Gasteiger partial charge in [0, 0.05) is 23.7 Å². The van der Waals surface area contributed by atoms with E-state index in [1.54, 1.807) is 0 Å². The van der Waals surface area contributed by atoms with Gasteiger partial charge in [-0.05, 0) is 38.0 Å². The molecule has 21 heavy (non-hydrogen) atoms. The monoisotopic (exact) mass is 299 g/mol. The number of nitrogens with one attached hydrogen (secondary N) is 1. The Bertz CT molecular complexity index is 555. The molecule has 1 N–H and O–H groups in total. The molecule has 1 unspecified atom stereocenters. The number of rotatable bonds is 6. The SMILES string of the molecule is CC(CCCC(F)(F)F)Nc1cccc(-c2nnco2)c1. The molecule has 0 radical (unpaired) electrons. The normalized spacial score (nSPS) is 13.1. The highest BCUT2D eigenvalue weighted by Gasteiger charge is 2.26. The first-order chi connectivity index (χ1) is 9.94. The Morgan fingerprint density at radius 2 is 2.14 bits per heavy atom. The van der Waals surface area contributed by atoms with Crippen LogP contribution in [0, 0.1) is 0 Å². The molecule has 1 atom stereocenters. The van der Waals surface area contributed by atoms with Gasteiger partial charge in [-0.1, -0.05) is 6.07 Å². The lowest BCUT2D eigenvalue weighted by Gasteiger charge is -2.16. The summed E-state index contributed by atoms with van der Waals surface area (Å²) >= 11 is 0. The van der Waals surface area contributed by atoms with Crippen LogP contribution in [0.4, 0.5) is 18.9 Å². The molecule has 114 valence electrons. The minimum Gasteiger partial charge on any atom is -0.423 e. The number of aromatic nitrogens is 2. The van der Waals surface area contributed by atoms with E-state index >= 15 is 0 Å². The van der Waals surface area contributed by atoms with Gasteiger partial charge < -0.3 is 9.73 Å². The van der Waals surface area contributed by atoms with Gasteiger partial charge in [0.15, 0.2) is 0 Å². The molecule has 4 nitrogen and oxygen atoms in total. The van der Waals surface area contributed by atoms with E-state index in [-0.39, 0.29) is 12.5 Å². The summed E-state index contributed by atoms with van der Waals surface area (Å²) in [6.07, 6.45) is -3.03. The van der Waals surface area contributed by atoms with Crippen LogP contribution in [0.5, 0.6) is 0 Å². The smallest absolute Gasteiger partial charge is 0.389 e. The highest BCUT2D eigenvalue weighted by Crippen LogP contribution is 2.24. The van der Waals surface area contributed by atoms with Crippen LogP contribution >= 0.6 is 0 Å². The summed E-state index contributed by atoms with van der Waals surface area (Å²) in [5.41, 5.74) is 1.57. The lowest BCUT2D eigenvalue weighted by molar-refractivity contribution is -0.135. The van der Waals surface area contributed by atoms with E-state index in [0.29, 0.717) is 12.3 Å². The summed E-state index contributed by atoms with van der Waals surface area (Å²) in [6, 6.07) is 7.27. The van der Waals surface area contributed by atoms with Crippen LogP contribution in [0.25, 0.3) is 11.5 Å². The molecule has 1 heterocycles. The highest BCUT2D eigenvalue weighted by atomic mass is 19.4. The Morgan fingerprint density at radius 1 is 1.33 bits per heavy atom. The van der Waals surface area contributed by atoms with E-state index in [1.807, 2.05) is 31.2 Å². The van der Waals surface area contributed by atoms with Crippen LogP contribution in [0.3, 0.4) is 0 Å². The maximum Gasteiger partial charge on any atom is 0.389 e.